The Morgan fingerprint density at radius 1 is 1.43 bits per heavy atom. The van der Waals surface area contributed by atoms with Crippen molar-refractivity contribution in [3.63, 3.8) is 0 Å². The number of benzene rings is 1. The molecule has 0 bridgehead atoms. The number of carboxylic acids is 1. The van der Waals surface area contributed by atoms with Gasteiger partial charge in [0.25, 0.3) is 5.91 Å². The smallest absolute Gasteiger partial charge is 0.305 e. The Kier molecular flexibility index (Phi) is 5.62. The normalized spacial score (nSPS) is 17.5. The predicted molar refractivity (Wildman–Crippen MR) is 85.8 cm³/mol. The van der Waals surface area contributed by atoms with Crippen LogP contribution in [0, 0.1) is 5.82 Å². The number of carbonyl (C=O) groups excluding carboxylic acids is 1. The van der Waals surface area contributed by atoms with E-state index in [4.69, 9.17) is 9.84 Å². The van der Waals surface area contributed by atoms with Gasteiger partial charge in [-0.2, -0.15) is 0 Å². The van der Waals surface area contributed by atoms with Crippen molar-refractivity contribution >= 4 is 27.8 Å². The van der Waals surface area contributed by atoms with E-state index in [1.54, 1.807) is 6.92 Å². The zero-order valence-electron chi connectivity index (χ0n) is 12.8. The predicted octanol–water partition coefficient (Wildman–Crippen LogP) is 3.26. The molecule has 1 unspecified atom stereocenters. The van der Waals surface area contributed by atoms with Crippen LogP contribution in [0.2, 0.25) is 0 Å². The monoisotopic (exact) mass is 387 g/mol. The first-order chi connectivity index (χ1) is 10.8. The molecule has 0 aliphatic heterocycles. The van der Waals surface area contributed by atoms with Crippen molar-refractivity contribution in [1.29, 1.82) is 0 Å². The molecule has 2 N–H and O–H groups in total. The molecule has 1 aromatic carbocycles. The zero-order chi connectivity index (χ0) is 17.0. The van der Waals surface area contributed by atoms with Gasteiger partial charge in [-0.3, -0.25) is 9.59 Å². The number of nitrogens with one attached hydrogen (secondary N) is 1. The molecule has 0 spiro atoms. The highest BCUT2D eigenvalue weighted by molar-refractivity contribution is 9.10. The molecule has 0 saturated heterocycles. The van der Waals surface area contributed by atoms with Gasteiger partial charge in [-0.15, -0.1) is 0 Å². The van der Waals surface area contributed by atoms with Gasteiger partial charge in [0.05, 0.1) is 16.4 Å². The number of carboxylic acid groups (broad SMARTS) is 1. The summed E-state index contributed by atoms with van der Waals surface area (Å²) in [6, 6.07) is 3.93. The molecular formula is C16H19BrFNO4. The van der Waals surface area contributed by atoms with E-state index in [1.165, 1.54) is 18.2 Å². The molecule has 1 atom stereocenters. The summed E-state index contributed by atoms with van der Waals surface area (Å²) in [6.45, 7) is 1.58. The lowest BCUT2D eigenvalue weighted by atomic mass is 9.93. The summed E-state index contributed by atoms with van der Waals surface area (Å²) >= 11 is 3.18. The van der Waals surface area contributed by atoms with Crippen molar-refractivity contribution in [2.24, 2.45) is 0 Å². The van der Waals surface area contributed by atoms with Crippen molar-refractivity contribution in [3.05, 3.63) is 28.5 Å². The van der Waals surface area contributed by atoms with E-state index in [0.29, 0.717) is 23.1 Å². The van der Waals surface area contributed by atoms with Crippen LogP contribution in [-0.4, -0.2) is 28.6 Å². The lowest BCUT2D eigenvalue weighted by Crippen LogP contribution is -2.51. The van der Waals surface area contributed by atoms with E-state index < -0.39 is 23.4 Å². The number of ether oxygens (including phenoxy) is 1. The molecule has 1 aliphatic carbocycles. The molecule has 0 aromatic heterocycles. The maximum atomic E-state index is 13.1. The molecule has 1 amide bonds. The first kappa shape index (κ1) is 17.7. The quantitative estimate of drug-likeness (QED) is 0.785. The first-order valence-electron chi connectivity index (χ1n) is 7.47. The average molecular weight is 388 g/mol. The number of halogens is 2. The van der Waals surface area contributed by atoms with Crippen LogP contribution < -0.4 is 10.1 Å². The van der Waals surface area contributed by atoms with Gasteiger partial charge in [0.1, 0.15) is 11.6 Å². The van der Waals surface area contributed by atoms with E-state index in [0.717, 1.165) is 12.8 Å². The molecule has 126 valence electrons. The van der Waals surface area contributed by atoms with Crippen LogP contribution in [0.15, 0.2) is 22.7 Å². The second-order valence-electron chi connectivity index (χ2n) is 5.88. The summed E-state index contributed by atoms with van der Waals surface area (Å²) in [7, 11) is 0. The molecule has 2 rings (SSSR count). The van der Waals surface area contributed by atoms with E-state index in [2.05, 4.69) is 21.2 Å². The van der Waals surface area contributed by atoms with Crippen LogP contribution in [-0.2, 0) is 9.59 Å². The molecule has 0 heterocycles. The minimum Gasteiger partial charge on any atom is -0.481 e. The van der Waals surface area contributed by atoms with Crippen LogP contribution in [0.25, 0.3) is 0 Å². The highest BCUT2D eigenvalue weighted by atomic mass is 79.9. The maximum Gasteiger partial charge on any atom is 0.305 e. The SMILES string of the molecule is CC(Oc1ccc(F)cc1Br)C(=O)NC1(CC(=O)O)CCCC1. The van der Waals surface area contributed by atoms with Crippen molar-refractivity contribution < 1.29 is 23.8 Å². The van der Waals surface area contributed by atoms with Crippen LogP contribution >= 0.6 is 15.9 Å². The Bertz CT molecular complexity index is 602. The molecule has 1 aromatic rings. The van der Waals surface area contributed by atoms with Gasteiger partial charge in [-0.25, -0.2) is 4.39 Å². The first-order valence-corrected chi connectivity index (χ1v) is 8.26. The number of aliphatic carboxylic acids is 1. The van der Waals surface area contributed by atoms with E-state index in [9.17, 15) is 14.0 Å². The Labute approximate surface area is 142 Å². The standard InChI is InChI=1S/C16H19BrFNO4/c1-10(23-13-5-4-11(18)8-12(13)17)15(22)19-16(9-14(20)21)6-2-3-7-16/h4-5,8,10H,2-3,6-7,9H2,1H3,(H,19,22)(H,20,21). The highest BCUT2D eigenvalue weighted by Crippen LogP contribution is 2.33. The summed E-state index contributed by atoms with van der Waals surface area (Å²) in [5, 5.41) is 11.9. The Balaban J connectivity index is 2.02. The molecule has 0 radical (unpaired) electrons. The summed E-state index contributed by atoms with van der Waals surface area (Å²) in [6.07, 6.45) is 2.18. The number of carbonyl (C=O) groups is 2. The molecular weight excluding hydrogens is 369 g/mol. The summed E-state index contributed by atoms with van der Waals surface area (Å²) in [5.74, 6) is -1.35. The number of hydrogen-bond acceptors (Lipinski definition) is 3. The number of amides is 1. The molecule has 1 saturated carbocycles. The minimum absolute atomic E-state index is 0.0916. The fourth-order valence-corrected chi connectivity index (χ4v) is 3.31. The summed E-state index contributed by atoms with van der Waals surface area (Å²) < 4.78 is 19.0. The zero-order valence-corrected chi connectivity index (χ0v) is 14.4. The highest BCUT2D eigenvalue weighted by Gasteiger charge is 2.38. The van der Waals surface area contributed by atoms with Crippen LogP contribution in [0.3, 0.4) is 0 Å². The van der Waals surface area contributed by atoms with Gasteiger partial charge in [0.15, 0.2) is 6.10 Å². The Morgan fingerprint density at radius 2 is 2.09 bits per heavy atom. The summed E-state index contributed by atoms with van der Waals surface area (Å²) in [5.41, 5.74) is -0.694. The molecule has 5 nitrogen and oxygen atoms in total. The third kappa shape index (κ3) is 4.67. The molecule has 23 heavy (non-hydrogen) atoms. The maximum absolute atomic E-state index is 13.1. The topological polar surface area (TPSA) is 75.6 Å². The fourth-order valence-electron chi connectivity index (χ4n) is 2.86. The van der Waals surface area contributed by atoms with Gasteiger partial charge < -0.3 is 15.2 Å². The van der Waals surface area contributed by atoms with Gasteiger partial charge in [0.2, 0.25) is 0 Å². The van der Waals surface area contributed by atoms with Crippen LogP contribution in [0.4, 0.5) is 4.39 Å². The van der Waals surface area contributed by atoms with Gasteiger partial charge in [-0.1, -0.05) is 12.8 Å². The lowest BCUT2D eigenvalue weighted by Gasteiger charge is -2.30. The van der Waals surface area contributed by atoms with Gasteiger partial charge in [-0.05, 0) is 53.9 Å². The van der Waals surface area contributed by atoms with Crippen molar-refractivity contribution in [2.45, 2.75) is 50.7 Å². The van der Waals surface area contributed by atoms with Crippen LogP contribution in [0.1, 0.15) is 39.0 Å². The molecule has 7 heteroatoms. The summed E-state index contributed by atoms with van der Waals surface area (Å²) in [4.78, 5) is 23.4. The van der Waals surface area contributed by atoms with Crippen LogP contribution in [0.5, 0.6) is 5.75 Å². The van der Waals surface area contributed by atoms with Crippen molar-refractivity contribution in [2.75, 3.05) is 0 Å². The van der Waals surface area contributed by atoms with Gasteiger partial charge in [0, 0.05) is 0 Å². The lowest BCUT2D eigenvalue weighted by molar-refractivity contribution is -0.139. The minimum atomic E-state index is -0.929. The van der Waals surface area contributed by atoms with E-state index in [1.807, 2.05) is 0 Å². The largest absolute Gasteiger partial charge is 0.481 e. The molecule has 1 fully saturated rings. The second-order valence-corrected chi connectivity index (χ2v) is 6.74. The average Bonchev–Trinajstić information content (AvgIpc) is 2.89. The number of rotatable bonds is 6. The third-order valence-electron chi connectivity index (χ3n) is 4.01. The second kappa shape index (κ2) is 7.29. The third-order valence-corrected chi connectivity index (χ3v) is 4.63. The Morgan fingerprint density at radius 3 is 2.65 bits per heavy atom. The van der Waals surface area contributed by atoms with E-state index >= 15 is 0 Å². The van der Waals surface area contributed by atoms with Gasteiger partial charge >= 0.3 is 5.97 Å². The fraction of sp³-hybridized carbons (Fsp3) is 0.500. The van der Waals surface area contributed by atoms with Crippen molar-refractivity contribution in [3.8, 4) is 5.75 Å². The molecule has 1 aliphatic rings. The Hall–Kier alpha value is -1.63. The van der Waals surface area contributed by atoms with Crippen molar-refractivity contribution in [1.82, 2.24) is 5.32 Å². The number of hydrogen-bond donors (Lipinski definition) is 2. The van der Waals surface area contributed by atoms with E-state index in [-0.39, 0.29) is 12.3 Å².